The molecule has 0 aliphatic carbocycles. The van der Waals surface area contributed by atoms with Crippen LogP contribution in [0.3, 0.4) is 0 Å². The first-order valence-electron chi connectivity index (χ1n) is 5.78. The van der Waals surface area contributed by atoms with E-state index in [0.717, 1.165) is 17.9 Å². The fourth-order valence-electron chi connectivity index (χ4n) is 2.25. The molecular weight excluding hydrogens is 240 g/mol. The van der Waals surface area contributed by atoms with Gasteiger partial charge in [0.15, 0.2) is 0 Å². The first-order chi connectivity index (χ1) is 6.60. The van der Waals surface area contributed by atoms with E-state index in [1.165, 1.54) is 25.7 Å². The molecule has 2 unspecified atom stereocenters. The average molecular weight is 263 g/mol. The molecule has 2 atom stereocenters. The summed E-state index contributed by atoms with van der Waals surface area (Å²) in [6, 6.07) is 0. The Bertz CT molecular complexity index is 170. The van der Waals surface area contributed by atoms with Crippen molar-refractivity contribution in [3.63, 3.8) is 0 Å². The van der Waals surface area contributed by atoms with E-state index in [0.29, 0.717) is 11.5 Å². The fourth-order valence-corrected chi connectivity index (χ4v) is 3.27. The first-order valence-corrected chi connectivity index (χ1v) is 6.90. The SMILES string of the molecule is CC(C)CCCC1(CBr)CCOC1C. The van der Waals surface area contributed by atoms with Crippen LogP contribution in [-0.4, -0.2) is 18.0 Å². The van der Waals surface area contributed by atoms with Gasteiger partial charge in [0, 0.05) is 17.4 Å². The summed E-state index contributed by atoms with van der Waals surface area (Å²) >= 11 is 3.66. The number of hydrogen-bond acceptors (Lipinski definition) is 1. The van der Waals surface area contributed by atoms with E-state index in [-0.39, 0.29) is 0 Å². The molecule has 0 N–H and O–H groups in total. The molecule has 0 saturated carbocycles. The van der Waals surface area contributed by atoms with Crippen LogP contribution in [0.2, 0.25) is 0 Å². The lowest BCUT2D eigenvalue weighted by Gasteiger charge is -2.30. The van der Waals surface area contributed by atoms with Crippen molar-refractivity contribution >= 4 is 15.9 Å². The molecule has 0 radical (unpaired) electrons. The zero-order valence-electron chi connectivity index (χ0n) is 9.68. The number of halogens is 1. The van der Waals surface area contributed by atoms with Gasteiger partial charge in [0.25, 0.3) is 0 Å². The number of rotatable bonds is 5. The normalized spacial score (nSPS) is 32.8. The van der Waals surface area contributed by atoms with E-state index >= 15 is 0 Å². The van der Waals surface area contributed by atoms with E-state index in [1.54, 1.807) is 0 Å². The van der Waals surface area contributed by atoms with Crippen LogP contribution in [0.5, 0.6) is 0 Å². The maximum Gasteiger partial charge on any atom is 0.0612 e. The predicted octanol–water partition coefficient (Wildman–Crippen LogP) is 4.00. The topological polar surface area (TPSA) is 9.23 Å². The summed E-state index contributed by atoms with van der Waals surface area (Å²) in [5.41, 5.74) is 0.425. The average Bonchev–Trinajstić information content (AvgIpc) is 2.48. The molecule has 1 heterocycles. The Kier molecular flexibility index (Phi) is 4.92. The van der Waals surface area contributed by atoms with Crippen LogP contribution in [0.1, 0.15) is 46.5 Å². The van der Waals surface area contributed by atoms with Crippen molar-refractivity contribution in [1.29, 1.82) is 0 Å². The Labute approximate surface area is 96.7 Å². The largest absolute Gasteiger partial charge is 0.378 e. The van der Waals surface area contributed by atoms with Crippen molar-refractivity contribution in [1.82, 2.24) is 0 Å². The monoisotopic (exact) mass is 262 g/mol. The Balaban J connectivity index is 2.37. The van der Waals surface area contributed by atoms with Crippen molar-refractivity contribution in [2.24, 2.45) is 11.3 Å². The van der Waals surface area contributed by atoms with Crippen LogP contribution in [0, 0.1) is 11.3 Å². The van der Waals surface area contributed by atoms with Gasteiger partial charge in [-0.25, -0.2) is 0 Å². The van der Waals surface area contributed by atoms with E-state index < -0.39 is 0 Å². The van der Waals surface area contributed by atoms with Crippen molar-refractivity contribution in [2.45, 2.75) is 52.6 Å². The lowest BCUT2D eigenvalue weighted by Crippen LogP contribution is -2.30. The minimum absolute atomic E-state index is 0.425. The van der Waals surface area contributed by atoms with E-state index in [4.69, 9.17) is 4.74 Å². The third kappa shape index (κ3) is 2.96. The van der Waals surface area contributed by atoms with E-state index in [9.17, 15) is 0 Å². The van der Waals surface area contributed by atoms with Crippen molar-refractivity contribution in [3.05, 3.63) is 0 Å². The van der Waals surface area contributed by atoms with Gasteiger partial charge in [-0.15, -0.1) is 0 Å². The Morgan fingerprint density at radius 1 is 1.50 bits per heavy atom. The second-order valence-electron chi connectivity index (χ2n) is 5.05. The van der Waals surface area contributed by atoms with Gasteiger partial charge >= 0.3 is 0 Å². The first kappa shape index (κ1) is 12.5. The van der Waals surface area contributed by atoms with Gasteiger partial charge in [-0.1, -0.05) is 42.6 Å². The van der Waals surface area contributed by atoms with Gasteiger partial charge in [-0.3, -0.25) is 0 Å². The maximum absolute atomic E-state index is 5.69. The molecule has 1 fully saturated rings. The highest BCUT2D eigenvalue weighted by Crippen LogP contribution is 2.41. The molecule has 0 spiro atoms. The second-order valence-corrected chi connectivity index (χ2v) is 5.61. The molecule has 0 aromatic rings. The maximum atomic E-state index is 5.69. The summed E-state index contributed by atoms with van der Waals surface area (Å²) in [7, 11) is 0. The van der Waals surface area contributed by atoms with Gasteiger partial charge in [-0.05, 0) is 25.7 Å². The minimum Gasteiger partial charge on any atom is -0.378 e. The van der Waals surface area contributed by atoms with Crippen molar-refractivity contribution in [3.8, 4) is 0 Å². The highest BCUT2D eigenvalue weighted by Gasteiger charge is 2.39. The van der Waals surface area contributed by atoms with Crippen LogP contribution < -0.4 is 0 Å². The molecule has 2 heteroatoms. The van der Waals surface area contributed by atoms with E-state index in [1.807, 2.05) is 0 Å². The molecular formula is C12H23BrO. The highest BCUT2D eigenvalue weighted by molar-refractivity contribution is 9.09. The second kappa shape index (κ2) is 5.50. The summed E-state index contributed by atoms with van der Waals surface area (Å²) in [5, 5.41) is 1.10. The molecule has 1 saturated heterocycles. The van der Waals surface area contributed by atoms with Gasteiger partial charge in [0.05, 0.1) is 6.10 Å². The number of ether oxygens (including phenoxy) is 1. The summed E-state index contributed by atoms with van der Waals surface area (Å²) in [4.78, 5) is 0. The molecule has 1 nitrogen and oxygen atoms in total. The third-order valence-corrected chi connectivity index (χ3v) is 4.67. The molecule has 1 rings (SSSR count). The smallest absolute Gasteiger partial charge is 0.0612 e. The van der Waals surface area contributed by atoms with Crippen molar-refractivity contribution in [2.75, 3.05) is 11.9 Å². The third-order valence-electron chi connectivity index (χ3n) is 3.55. The summed E-state index contributed by atoms with van der Waals surface area (Å²) in [5.74, 6) is 0.833. The van der Waals surface area contributed by atoms with Crippen LogP contribution in [0.4, 0.5) is 0 Å². The van der Waals surface area contributed by atoms with Crippen molar-refractivity contribution < 1.29 is 4.74 Å². The molecule has 0 aromatic heterocycles. The quantitative estimate of drug-likeness (QED) is 0.681. The molecule has 0 aromatic carbocycles. The molecule has 14 heavy (non-hydrogen) atoms. The Hall–Kier alpha value is 0.440. The molecule has 0 amide bonds. The number of alkyl halides is 1. The standard InChI is InChI=1S/C12H23BrO/c1-10(2)5-4-6-12(9-13)7-8-14-11(12)3/h10-11H,4-9H2,1-3H3. The predicted molar refractivity (Wildman–Crippen MR) is 64.9 cm³/mol. The molecule has 1 aliphatic rings. The molecule has 1 aliphatic heterocycles. The highest BCUT2D eigenvalue weighted by atomic mass is 79.9. The number of hydrogen-bond donors (Lipinski definition) is 0. The zero-order valence-corrected chi connectivity index (χ0v) is 11.3. The van der Waals surface area contributed by atoms with E-state index in [2.05, 4.69) is 36.7 Å². The summed E-state index contributed by atoms with van der Waals surface area (Å²) < 4.78 is 5.69. The summed E-state index contributed by atoms with van der Waals surface area (Å²) in [6.45, 7) is 7.78. The van der Waals surface area contributed by atoms with Gasteiger partial charge in [0.1, 0.15) is 0 Å². The van der Waals surface area contributed by atoms with Gasteiger partial charge in [0.2, 0.25) is 0 Å². The van der Waals surface area contributed by atoms with Gasteiger partial charge in [-0.2, -0.15) is 0 Å². The van der Waals surface area contributed by atoms with Crippen LogP contribution in [0.25, 0.3) is 0 Å². The lowest BCUT2D eigenvalue weighted by atomic mass is 9.78. The van der Waals surface area contributed by atoms with Gasteiger partial charge < -0.3 is 4.74 Å². The van der Waals surface area contributed by atoms with Crippen LogP contribution in [-0.2, 0) is 4.74 Å². The minimum atomic E-state index is 0.425. The fraction of sp³-hybridized carbons (Fsp3) is 1.00. The Morgan fingerprint density at radius 3 is 2.64 bits per heavy atom. The zero-order chi connectivity index (χ0) is 10.6. The van der Waals surface area contributed by atoms with Crippen LogP contribution in [0.15, 0.2) is 0 Å². The lowest BCUT2D eigenvalue weighted by molar-refractivity contribution is 0.0690. The Morgan fingerprint density at radius 2 is 2.21 bits per heavy atom. The molecule has 84 valence electrons. The van der Waals surface area contributed by atoms with Crippen LogP contribution >= 0.6 is 15.9 Å². The summed E-state index contributed by atoms with van der Waals surface area (Å²) in [6.07, 6.45) is 5.68. The molecule has 0 bridgehead atoms.